The lowest BCUT2D eigenvalue weighted by atomic mass is 9.90. The van der Waals surface area contributed by atoms with E-state index < -0.39 is 0 Å². The number of nitrogens with zero attached hydrogens (tertiary/aromatic N) is 1. The Labute approximate surface area is 89.5 Å². The highest BCUT2D eigenvalue weighted by Crippen LogP contribution is 2.24. The Kier molecular flexibility index (Phi) is 3.54. The number of hydrogen-bond donors (Lipinski definition) is 0. The van der Waals surface area contributed by atoms with Crippen LogP contribution in [0.25, 0.3) is 0 Å². The minimum absolute atomic E-state index is 0.337. The smallest absolute Gasteiger partial charge is 0.145 e. The van der Waals surface area contributed by atoms with Crippen molar-refractivity contribution in [2.24, 2.45) is 5.92 Å². The molecule has 1 saturated carbocycles. The van der Waals surface area contributed by atoms with E-state index in [1.807, 2.05) is 0 Å². The zero-order chi connectivity index (χ0) is 10.5. The Hall–Kier alpha value is -1.12. The van der Waals surface area contributed by atoms with Gasteiger partial charge in [-0.15, -0.1) is 0 Å². The van der Waals surface area contributed by atoms with Crippen molar-refractivity contribution in [3.63, 3.8) is 0 Å². The monoisotopic (exact) mass is 209 g/mol. The molecule has 0 amide bonds. The van der Waals surface area contributed by atoms with Crippen LogP contribution in [0.4, 0.5) is 4.39 Å². The van der Waals surface area contributed by atoms with E-state index in [1.165, 1.54) is 44.4 Å². The standard InChI is InChI=1S/C12H16FNO/c13-11-6-12(8-14-7-11)15-9-10-4-2-1-3-5-10/h6-8,10H,1-5,9H2. The van der Waals surface area contributed by atoms with Crippen LogP contribution >= 0.6 is 0 Å². The molecule has 0 atom stereocenters. The van der Waals surface area contributed by atoms with Gasteiger partial charge in [-0.1, -0.05) is 19.3 Å². The molecule has 15 heavy (non-hydrogen) atoms. The first kappa shape index (κ1) is 10.4. The van der Waals surface area contributed by atoms with E-state index in [4.69, 9.17) is 4.74 Å². The third kappa shape index (κ3) is 3.18. The lowest BCUT2D eigenvalue weighted by Crippen LogP contribution is -2.15. The molecule has 1 aromatic heterocycles. The predicted molar refractivity (Wildman–Crippen MR) is 56.3 cm³/mol. The van der Waals surface area contributed by atoms with Crippen molar-refractivity contribution in [1.29, 1.82) is 0 Å². The summed E-state index contributed by atoms with van der Waals surface area (Å²) in [6, 6.07) is 1.38. The fourth-order valence-corrected chi connectivity index (χ4v) is 2.04. The van der Waals surface area contributed by atoms with Crippen molar-refractivity contribution in [1.82, 2.24) is 4.98 Å². The maximum atomic E-state index is 12.8. The van der Waals surface area contributed by atoms with Crippen molar-refractivity contribution in [2.45, 2.75) is 32.1 Å². The van der Waals surface area contributed by atoms with E-state index in [0.717, 1.165) is 0 Å². The number of hydrogen-bond acceptors (Lipinski definition) is 2. The number of pyridine rings is 1. The zero-order valence-electron chi connectivity index (χ0n) is 8.79. The number of halogens is 1. The predicted octanol–water partition coefficient (Wildman–Crippen LogP) is 3.18. The first-order chi connectivity index (χ1) is 7.34. The van der Waals surface area contributed by atoms with Gasteiger partial charge in [0, 0.05) is 6.07 Å². The molecule has 0 aliphatic heterocycles. The molecule has 2 nitrogen and oxygen atoms in total. The van der Waals surface area contributed by atoms with Crippen LogP contribution in [0.3, 0.4) is 0 Å². The maximum Gasteiger partial charge on any atom is 0.145 e. The summed E-state index contributed by atoms with van der Waals surface area (Å²) in [7, 11) is 0. The minimum atomic E-state index is -0.337. The van der Waals surface area contributed by atoms with Crippen LogP contribution in [0.2, 0.25) is 0 Å². The second kappa shape index (κ2) is 5.10. The van der Waals surface area contributed by atoms with E-state index in [-0.39, 0.29) is 5.82 Å². The van der Waals surface area contributed by atoms with Gasteiger partial charge in [-0.2, -0.15) is 0 Å². The molecule has 0 unspecified atom stereocenters. The van der Waals surface area contributed by atoms with Gasteiger partial charge in [0.25, 0.3) is 0 Å². The van der Waals surface area contributed by atoms with Gasteiger partial charge >= 0.3 is 0 Å². The topological polar surface area (TPSA) is 22.1 Å². The fraction of sp³-hybridized carbons (Fsp3) is 0.583. The van der Waals surface area contributed by atoms with Gasteiger partial charge in [-0.05, 0) is 18.8 Å². The summed E-state index contributed by atoms with van der Waals surface area (Å²) >= 11 is 0. The van der Waals surface area contributed by atoms with E-state index in [0.29, 0.717) is 18.3 Å². The van der Waals surface area contributed by atoms with Crippen LogP contribution in [-0.4, -0.2) is 11.6 Å². The van der Waals surface area contributed by atoms with Gasteiger partial charge < -0.3 is 4.74 Å². The second-order valence-electron chi connectivity index (χ2n) is 4.15. The van der Waals surface area contributed by atoms with E-state index >= 15 is 0 Å². The van der Waals surface area contributed by atoms with Crippen molar-refractivity contribution in [2.75, 3.05) is 6.61 Å². The Morgan fingerprint density at radius 3 is 2.80 bits per heavy atom. The highest BCUT2D eigenvalue weighted by Gasteiger charge is 2.13. The average molecular weight is 209 g/mol. The molecule has 0 saturated heterocycles. The molecule has 0 N–H and O–H groups in total. The highest BCUT2D eigenvalue weighted by atomic mass is 19.1. The molecule has 1 fully saturated rings. The largest absolute Gasteiger partial charge is 0.492 e. The van der Waals surface area contributed by atoms with Gasteiger partial charge in [0.2, 0.25) is 0 Å². The van der Waals surface area contributed by atoms with Crippen LogP contribution in [0.5, 0.6) is 5.75 Å². The number of aromatic nitrogens is 1. The van der Waals surface area contributed by atoms with Gasteiger partial charge in [0.1, 0.15) is 11.6 Å². The highest BCUT2D eigenvalue weighted by molar-refractivity contribution is 5.16. The third-order valence-corrected chi connectivity index (χ3v) is 2.89. The molecule has 82 valence electrons. The normalized spacial score (nSPS) is 17.7. The van der Waals surface area contributed by atoms with Crippen LogP contribution in [-0.2, 0) is 0 Å². The lowest BCUT2D eigenvalue weighted by molar-refractivity contribution is 0.207. The molecule has 0 aromatic carbocycles. The van der Waals surface area contributed by atoms with Crippen LogP contribution in [0.15, 0.2) is 18.5 Å². The quantitative estimate of drug-likeness (QED) is 0.762. The summed E-state index contributed by atoms with van der Waals surface area (Å²) in [6.45, 7) is 0.700. The molecule has 2 rings (SSSR count). The zero-order valence-corrected chi connectivity index (χ0v) is 8.79. The van der Waals surface area contributed by atoms with Crippen LogP contribution < -0.4 is 4.74 Å². The summed E-state index contributed by atoms with van der Waals surface area (Å²) in [6.07, 6.45) is 9.17. The molecule has 1 aliphatic rings. The molecular weight excluding hydrogens is 193 g/mol. The molecular formula is C12H16FNO. The molecule has 0 bridgehead atoms. The third-order valence-electron chi connectivity index (χ3n) is 2.89. The summed E-state index contributed by atoms with van der Waals surface area (Å²) in [5.74, 6) is 0.846. The van der Waals surface area contributed by atoms with E-state index in [2.05, 4.69) is 4.98 Å². The number of ether oxygens (including phenoxy) is 1. The SMILES string of the molecule is Fc1cncc(OCC2CCCCC2)c1. The minimum Gasteiger partial charge on any atom is -0.492 e. The maximum absolute atomic E-state index is 12.8. The van der Waals surface area contributed by atoms with Crippen molar-refractivity contribution in [3.05, 3.63) is 24.3 Å². The summed E-state index contributed by atoms with van der Waals surface area (Å²) in [5.41, 5.74) is 0. The fourth-order valence-electron chi connectivity index (χ4n) is 2.04. The van der Waals surface area contributed by atoms with Crippen molar-refractivity contribution < 1.29 is 9.13 Å². The first-order valence-electron chi connectivity index (χ1n) is 5.58. The Morgan fingerprint density at radius 2 is 2.07 bits per heavy atom. The summed E-state index contributed by atoms with van der Waals surface area (Å²) in [5, 5.41) is 0. The van der Waals surface area contributed by atoms with Gasteiger partial charge in [-0.3, -0.25) is 4.98 Å². The first-order valence-corrected chi connectivity index (χ1v) is 5.58. The van der Waals surface area contributed by atoms with Gasteiger partial charge in [0.05, 0.1) is 19.0 Å². The van der Waals surface area contributed by atoms with Gasteiger partial charge in [-0.25, -0.2) is 4.39 Å². The molecule has 1 aromatic rings. The van der Waals surface area contributed by atoms with Crippen molar-refractivity contribution >= 4 is 0 Å². The molecule has 3 heteroatoms. The average Bonchev–Trinajstić information content (AvgIpc) is 2.28. The molecule has 1 heterocycles. The second-order valence-corrected chi connectivity index (χ2v) is 4.15. The van der Waals surface area contributed by atoms with E-state index in [9.17, 15) is 4.39 Å². The Bertz CT molecular complexity index is 310. The summed E-state index contributed by atoms with van der Waals surface area (Å²) < 4.78 is 18.3. The van der Waals surface area contributed by atoms with Gasteiger partial charge in [0.15, 0.2) is 0 Å². The van der Waals surface area contributed by atoms with Crippen molar-refractivity contribution in [3.8, 4) is 5.75 Å². The molecule has 0 spiro atoms. The lowest BCUT2D eigenvalue weighted by Gasteiger charge is -2.21. The Morgan fingerprint density at radius 1 is 1.27 bits per heavy atom. The molecule has 0 radical (unpaired) electrons. The van der Waals surface area contributed by atoms with E-state index in [1.54, 1.807) is 6.20 Å². The summed E-state index contributed by atoms with van der Waals surface area (Å²) in [4.78, 5) is 3.75. The number of rotatable bonds is 3. The molecule has 1 aliphatic carbocycles. The Balaban J connectivity index is 1.81. The van der Waals surface area contributed by atoms with Crippen LogP contribution in [0, 0.1) is 11.7 Å². The van der Waals surface area contributed by atoms with Crippen LogP contribution in [0.1, 0.15) is 32.1 Å².